The fourth-order valence-electron chi connectivity index (χ4n) is 8.95. The zero-order chi connectivity index (χ0) is 36.5. The van der Waals surface area contributed by atoms with Crippen molar-refractivity contribution >= 4 is 108 Å². The molecule has 0 unspecified atom stereocenters. The van der Waals surface area contributed by atoms with E-state index in [4.69, 9.17) is 18.8 Å². The molecule has 0 aliphatic rings. The van der Waals surface area contributed by atoms with Crippen LogP contribution in [0.4, 0.5) is 0 Å². The van der Waals surface area contributed by atoms with Gasteiger partial charge in [-0.05, 0) is 41.8 Å². The summed E-state index contributed by atoms with van der Waals surface area (Å²) in [5, 5.41) is 10.1. The summed E-state index contributed by atoms with van der Waals surface area (Å²) in [6.07, 6.45) is 0. The van der Waals surface area contributed by atoms with Crippen molar-refractivity contribution < 1.29 is 8.83 Å². The van der Waals surface area contributed by atoms with E-state index in [0.29, 0.717) is 11.4 Å². The van der Waals surface area contributed by atoms with Crippen LogP contribution in [0.1, 0.15) is 0 Å². The molecule has 0 aliphatic carbocycles. The standard InChI is InChI=1S/C50H27N3O2S/c1-2-13-28(14-3-1)43-48-44(36-19-7-10-23-41(36)54-48)52-50(51-43)38-27-37-34-20-12-22-40(47(34)55-46(37)33-18-5-4-15-29(33)38)53-39-21-9-6-16-30(39)32-25-26-35-31-17-8-11-24-42(31)56-49(35)45(32)53/h1-27H. The van der Waals surface area contributed by atoms with Crippen LogP contribution < -0.4 is 0 Å². The van der Waals surface area contributed by atoms with Crippen LogP contribution in [0.5, 0.6) is 0 Å². The molecular formula is C50H27N3O2S. The summed E-state index contributed by atoms with van der Waals surface area (Å²) in [5.41, 5.74) is 9.99. The van der Waals surface area contributed by atoms with Gasteiger partial charge in [0.1, 0.15) is 22.4 Å². The van der Waals surface area contributed by atoms with Crippen LogP contribution in [-0.2, 0) is 0 Å². The van der Waals surface area contributed by atoms with Crippen LogP contribution in [0, 0.1) is 0 Å². The molecule has 0 atom stereocenters. The van der Waals surface area contributed by atoms with Gasteiger partial charge in [-0.25, -0.2) is 9.97 Å². The summed E-state index contributed by atoms with van der Waals surface area (Å²) >= 11 is 1.86. The number of aromatic nitrogens is 3. The van der Waals surface area contributed by atoms with Gasteiger partial charge in [-0.15, -0.1) is 11.3 Å². The quantitative estimate of drug-likeness (QED) is 0.181. The monoisotopic (exact) mass is 733 g/mol. The molecule has 6 heteroatoms. The molecule has 13 rings (SSSR count). The molecule has 0 saturated carbocycles. The number of thiophene rings is 1. The van der Waals surface area contributed by atoms with Crippen LogP contribution in [0.15, 0.2) is 173 Å². The van der Waals surface area contributed by atoms with Gasteiger partial charge < -0.3 is 13.4 Å². The highest BCUT2D eigenvalue weighted by Gasteiger charge is 2.24. The number of nitrogens with zero attached hydrogens (tertiary/aromatic N) is 3. The first-order valence-electron chi connectivity index (χ1n) is 18.7. The Kier molecular flexibility index (Phi) is 5.98. The topological polar surface area (TPSA) is 57.0 Å². The zero-order valence-corrected chi connectivity index (χ0v) is 30.5. The molecular weight excluding hydrogens is 707 g/mol. The van der Waals surface area contributed by atoms with E-state index in [-0.39, 0.29) is 0 Å². The van der Waals surface area contributed by atoms with E-state index < -0.39 is 0 Å². The molecule has 0 spiro atoms. The summed E-state index contributed by atoms with van der Waals surface area (Å²) in [6.45, 7) is 0. The maximum Gasteiger partial charge on any atom is 0.180 e. The molecule has 8 aromatic carbocycles. The van der Waals surface area contributed by atoms with Crippen LogP contribution in [0.2, 0.25) is 0 Å². The molecule has 0 amide bonds. The molecule has 56 heavy (non-hydrogen) atoms. The number of hydrogen-bond donors (Lipinski definition) is 0. The Hall–Kier alpha value is -7.28. The third-order valence-electron chi connectivity index (χ3n) is 11.4. The minimum absolute atomic E-state index is 0.640. The van der Waals surface area contributed by atoms with Crippen molar-refractivity contribution in [2.45, 2.75) is 0 Å². The van der Waals surface area contributed by atoms with E-state index in [0.717, 1.165) is 77.2 Å². The summed E-state index contributed by atoms with van der Waals surface area (Å²) in [6, 6.07) is 57.5. The Bertz CT molecular complexity index is 3770. The van der Waals surface area contributed by atoms with Gasteiger partial charge in [0, 0.05) is 58.9 Å². The SMILES string of the molecule is c1ccc(-c2nc(-c3cc4c5cccc(-n6c7ccccc7c7ccc8c9ccccc9sc8c76)c5oc4c4ccccc34)nc3c2oc2ccccc23)cc1. The molecule has 13 aromatic rings. The molecule has 0 N–H and O–H groups in total. The second kappa shape index (κ2) is 11.1. The van der Waals surface area contributed by atoms with Crippen LogP contribution in [0.25, 0.3) is 125 Å². The van der Waals surface area contributed by atoms with Gasteiger partial charge in [0.15, 0.2) is 17.0 Å². The predicted molar refractivity (Wildman–Crippen MR) is 232 cm³/mol. The molecule has 0 radical (unpaired) electrons. The minimum Gasteiger partial charge on any atom is -0.453 e. The van der Waals surface area contributed by atoms with Gasteiger partial charge in [0.25, 0.3) is 0 Å². The molecule has 5 aromatic heterocycles. The van der Waals surface area contributed by atoms with Gasteiger partial charge in [0.05, 0.1) is 21.4 Å². The van der Waals surface area contributed by atoms with Crippen molar-refractivity contribution in [2.75, 3.05) is 0 Å². The van der Waals surface area contributed by atoms with Gasteiger partial charge in [0.2, 0.25) is 0 Å². The van der Waals surface area contributed by atoms with Gasteiger partial charge in [-0.2, -0.15) is 0 Å². The highest BCUT2D eigenvalue weighted by Crippen LogP contribution is 2.46. The second-order valence-electron chi connectivity index (χ2n) is 14.4. The Morgan fingerprint density at radius 1 is 0.464 bits per heavy atom. The molecule has 5 heterocycles. The second-order valence-corrected chi connectivity index (χ2v) is 15.5. The summed E-state index contributed by atoms with van der Waals surface area (Å²) in [7, 11) is 0. The maximum absolute atomic E-state index is 7.12. The fourth-order valence-corrected chi connectivity index (χ4v) is 10.2. The summed E-state index contributed by atoms with van der Waals surface area (Å²) in [4.78, 5) is 10.6. The van der Waals surface area contributed by atoms with Gasteiger partial charge in [-0.3, -0.25) is 0 Å². The van der Waals surface area contributed by atoms with Crippen molar-refractivity contribution in [3.8, 4) is 28.3 Å². The largest absolute Gasteiger partial charge is 0.453 e. The minimum atomic E-state index is 0.640. The lowest BCUT2D eigenvalue weighted by Gasteiger charge is -2.09. The first-order valence-corrected chi connectivity index (χ1v) is 19.6. The normalized spacial score (nSPS) is 12.3. The van der Waals surface area contributed by atoms with Crippen molar-refractivity contribution in [1.29, 1.82) is 0 Å². The number of benzene rings is 8. The summed E-state index contributed by atoms with van der Waals surface area (Å²) < 4.78 is 18.5. The Morgan fingerprint density at radius 3 is 2.05 bits per heavy atom. The lowest BCUT2D eigenvalue weighted by Crippen LogP contribution is -1.95. The van der Waals surface area contributed by atoms with Gasteiger partial charge in [-0.1, -0.05) is 127 Å². The van der Waals surface area contributed by atoms with Crippen molar-refractivity contribution in [3.05, 3.63) is 164 Å². The zero-order valence-electron chi connectivity index (χ0n) is 29.7. The average Bonchev–Trinajstić information content (AvgIpc) is 4.02. The number of rotatable bonds is 3. The Morgan fingerprint density at radius 2 is 1.16 bits per heavy atom. The molecule has 0 saturated heterocycles. The van der Waals surface area contributed by atoms with E-state index in [1.54, 1.807) is 0 Å². The van der Waals surface area contributed by atoms with Gasteiger partial charge >= 0.3 is 0 Å². The third-order valence-corrected chi connectivity index (χ3v) is 12.6. The number of para-hydroxylation sites is 3. The van der Waals surface area contributed by atoms with E-state index in [1.165, 1.54) is 36.5 Å². The number of fused-ring (bicyclic) bond motifs is 15. The Labute approximate surface area is 322 Å². The van der Waals surface area contributed by atoms with E-state index in [2.05, 4.69) is 132 Å². The number of hydrogen-bond acceptors (Lipinski definition) is 5. The van der Waals surface area contributed by atoms with Crippen molar-refractivity contribution in [2.24, 2.45) is 0 Å². The van der Waals surface area contributed by atoms with Crippen molar-refractivity contribution in [1.82, 2.24) is 14.5 Å². The van der Waals surface area contributed by atoms with E-state index >= 15 is 0 Å². The third kappa shape index (κ3) is 4.03. The predicted octanol–water partition coefficient (Wildman–Crippen LogP) is 14.2. The molecule has 0 fully saturated rings. The average molecular weight is 734 g/mol. The fraction of sp³-hybridized carbons (Fsp3) is 0. The molecule has 260 valence electrons. The lowest BCUT2D eigenvalue weighted by molar-refractivity contribution is 0.667. The maximum atomic E-state index is 7.12. The van der Waals surface area contributed by atoms with E-state index in [9.17, 15) is 0 Å². The highest BCUT2D eigenvalue weighted by molar-refractivity contribution is 7.26. The summed E-state index contributed by atoms with van der Waals surface area (Å²) in [5.74, 6) is 0.640. The molecule has 5 nitrogen and oxygen atoms in total. The van der Waals surface area contributed by atoms with Crippen LogP contribution >= 0.6 is 11.3 Å². The lowest BCUT2D eigenvalue weighted by atomic mass is 9.99. The van der Waals surface area contributed by atoms with E-state index in [1.807, 2.05) is 47.7 Å². The Balaban J connectivity index is 1.13. The van der Waals surface area contributed by atoms with Crippen LogP contribution in [-0.4, -0.2) is 14.5 Å². The molecule has 0 aliphatic heterocycles. The molecule has 0 bridgehead atoms. The smallest absolute Gasteiger partial charge is 0.180 e. The number of furan rings is 2. The van der Waals surface area contributed by atoms with Crippen LogP contribution in [0.3, 0.4) is 0 Å². The highest BCUT2D eigenvalue weighted by atomic mass is 32.1. The first kappa shape index (κ1) is 30.1. The van der Waals surface area contributed by atoms with Crippen molar-refractivity contribution in [3.63, 3.8) is 0 Å². The first-order chi connectivity index (χ1) is 27.8.